The number of hydrogen-bond acceptors (Lipinski definition) is 6. The van der Waals surface area contributed by atoms with Crippen molar-refractivity contribution in [2.24, 2.45) is 5.73 Å². The monoisotopic (exact) mass is 697 g/mol. The number of nitrogens with zero attached hydrogens (tertiary/aromatic N) is 1. The summed E-state index contributed by atoms with van der Waals surface area (Å²) in [5.41, 5.74) is 11.3. The van der Waals surface area contributed by atoms with E-state index in [0.717, 1.165) is 16.7 Å². The summed E-state index contributed by atoms with van der Waals surface area (Å²) in [6, 6.07) is 49.8. The first-order valence-corrected chi connectivity index (χ1v) is 17.4. The summed E-state index contributed by atoms with van der Waals surface area (Å²) >= 11 is 0. The zero-order valence-electron chi connectivity index (χ0n) is 29.4. The Bertz CT molecular complexity index is 1690. The smallest absolute Gasteiger partial charge is 0.410 e. The highest BCUT2D eigenvalue weighted by atomic mass is 16.6. The van der Waals surface area contributed by atoms with E-state index in [-0.39, 0.29) is 44.4 Å². The van der Waals surface area contributed by atoms with Crippen molar-refractivity contribution in [2.75, 3.05) is 32.8 Å². The second-order valence-corrected chi connectivity index (χ2v) is 12.0. The Kier molecular flexibility index (Phi) is 16.4. The molecule has 0 aliphatic heterocycles. The number of nitrogens with one attached hydrogen (secondary N) is 1. The van der Waals surface area contributed by atoms with Gasteiger partial charge in [0.2, 0.25) is 0 Å². The number of nitrogens with two attached hydrogens (primary N) is 1. The summed E-state index contributed by atoms with van der Waals surface area (Å²) in [6.45, 7) is 4.70. The molecule has 8 nitrogen and oxygen atoms in total. The molecule has 2 amide bonds. The minimum absolute atomic E-state index is 0.0540. The van der Waals surface area contributed by atoms with Crippen molar-refractivity contribution in [3.05, 3.63) is 192 Å². The van der Waals surface area contributed by atoms with Gasteiger partial charge in [-0.25, -0.2) is 9.59 Å². The van der Waals surface area contributed by atoms with E-state index < -0.39 is 12.2 Å². The van der Waals surface area contributed by atoms with Gasteiger partial charge in [-0.1, -0.05) is 164 Å². The third-order valence-electron chi connectivity index (χ3n) is 8.33. The molecule has 52 heavy (non-hydrogen) atoms. The van der Waals surface area contributed by atoms with Crippen molar-refractivity contribution in [1.82, 2.24) is 10.2 Å². The van der Waals surface area contributed by atoms with Crippen LogP contribution in [0.4, 0.5) is 9.59 Å². The molecule has 0 bridgehead atoms. The Morgan fingerprint density at radius 1 is 0.654 bits per heavy atom. The van der Waals surface area contributed by atoms with Crippen LogP contribution in [0.5, 0.6) is 0 Å². The lowest BCUT2D eigenvalue weighted by Gasteiger charge is -2.27. The van der Waals surface area contributed by atoms with Crippen LogP contribution in [0.2, 0.25) is 0 Å². The van der Waals surface area contributed by atoms with Gasteiger partial charge in [0, 0.05) is 37.9 Å². The fourth-order valence-electron chi connectivity index (χ4n) is 5.60. The number of carbonyl (C=O) groups excluding carboxylic acids is 3. The highest BCUT2D eigenvalue weighted by molar-refractivity contribution is 5.84. The average Bonchev–Trinajstić information content (AvgIpc) is 3.21. The van der Waals surface area contributed by atoms with E-state index in [4.69, 9.17) is 15.2 Å². The quantitative estimate of drug-likeness (QED) is 0.101. The van der Waals surface area contributed by atoms with Gasteiger partial charge in [0.25, 0.3) is 0 Å². The Balaban J connectivity index is 0.000000334. The Morgan fingerprint density at radius 2 is 1.10 bits per heavy atom. The molecule has 5 rings (SSSR count). The second-order valence-electron chi connectivity index (χ2n) is 12.0. The molecule has 0 aliphatic rings. The summed E-state index contributed by atoms with van der Waals surface area (Å²) in [5.74, 6) is -0.0265. The number of hydrogen-bond donors (Lipinski definition) is 2. The predicted octanol–water partition coefficient (Wildman–Crippen LogP) is 8.11. The van der Waals surface area contributed by atoms with Crippen LogP contribution in [0.25, 0.3) is 0 Å². The maximum absolute atomic E-state index is 12.9. The van der Waals surface area contributed by atoms with Crippen LogP contribution in [-0.2, 0) is 20.9 Å². The molecular weight excluding hydrogens is 651 g/mol. The number of benzene rings is 5. The maximum Gasteiger partial charge on any atom is 0.410 e. The molecule has 0 aliphatic carbocycles. The molecule has 0 fully saturated rings. The lowest BCUT2D eigenvalue weighted by Crippen LogP contribution is -2.38. The predicted molar refractivity (Wildman–Crippen MR) is 206 cm³/mol. The molecule has 0 unspecified atom stereocenters. The summed E-state index contributed by atoms with van der Waals surface area (Å²) in [6.07, 6.45) is 0.351. The molecule has 5 aromatic carbocycles. The zero-order valence-corrected chi connectivity index (χ0v) is 29.4. The third kappa shape index (κ3) is 13.0. The van der Waals surface area contributed by atoms with E-state index in [9.17, 15) is 14.4 Å². The number of carbonyl (C=O) groups is 3. The van der Waals surface area contributed by atoms with Crippen LogP contribution in [0.15, 0.2) is 164 Å². The molecule has 0 heterocycles. The topological polar surface area (TPSA) is 111 Å². The molecule has 268 valence electrons. The van der Waals surface area contributed by atoms with Gasteiger partial charge in [-0.15, -0.1) is 0 Å². The number of ether oxygens (including phenoxy) is 2. The highest BCUT2D eigenvalue weighted by Crippen LogP contribution is 2.26. The van der Waals surface area contributed by atoms with Crippen LogP contribution in [0.1, 0.15) is 46.1 Å². The number of ketones is 1. The minimum atomic E-state index is -0.673. The van der Waals surface area contributed by atoms with Gasteiger partial charge >= 0.3 is 12.2 Å². The van der Waals surface area contributed by atoms with Crippen LogP contribution in [-0.4, -0.2) is 55.7 Å². The van der Waals surface area contributed by atoms with Gasteiger partial charge in [-0.3, -0.25) is 4.79 Å². The molecule has 0 atom stereocenters. The first kappa shape index (κ1) is 38.8. The summed E-state index contributed by atoms with van der Waals surface area (Å²) in [4.78, 5) is 38.9. The zero-order chi connectivity index (χ0) is 36.8. The molecule has 5 aromatic rings. The van der Waals surface area contributed by atoms with Gasteiger partial charge in [-0.05, 0) is 27.8 Å². The van der Waals surface area contributed by atoms with E-state index in [1.165, 1.54) is 22.1 Å². The van der Waals surface area contributed by atoms with Gasteiger partial charge in [-0.2, -0.15) is 0 Å². The highest BCUT2D eigenvalue weighted by Gasteiger charge is 2.23. The first-order chi connectivity index (χ1) is 25.5. The van der Waals surface area contributed by atoms with Crippen molar-refractivity contribution < 1.29 is 23.9 Å². The SMILES string of the molecule is C=CCOC(=O)N(CCC(=O)CNC(=O)OCc1ccccc1)CC(c1ccccc1)c1ccccc1.NCC(c1ccccc1)c1ccccc1. The normalized spacial score (nSPS) is 10.4. The maximum atomic E-state index is 12.9. The van der Waals surface area contributed by atoms with Gasteiger partial charge in [0.05, 0.1) is 6.54 Å². The molecule has 3 N–H and O–H groups in total. The fraction of sp³-hybridized carbons (Fsp3) is 0.205. The van der Waals surface area contributed by atoms with E-state index in [1.807, 2.05) is 103 Å². The molecule has 0 spiro atoms. The Hall–Kier alpha value is -5.99. The van der Waals surface area contributed by atoms with Crippen molar-refractivity contribution in [3.63, 3.8) is 0 Å². The van der Waals surface area contributed by atoms with E-state index in [1.54, 1.807) is 0 Å². The van der Waals surface area contributed by atoms with Gasteiger partial charge in [0.1, 0.15) is 13.2 Å². The van der Waals surface area contributed by atoms with E-state index in [0.29, 0.717) is 19.0 Å². The molecular formula is C44H47N3O5. The van der Waals surface area contributed by atoms with Crippen molar-refractivity contribution in [3.8, 4) is 0 Å². The average molecular weight is 698 g/mol. The number of Topliss-reactive ketones (excluding diaryl/α,β-unsaturated/α-hetero) is 1. The summed E-state index contributed by atoms with van der Waals surface area (Å²) in [5, 5.41) is 2.47. The molecule has 0 saturated heterocycles. The minimum Gasteiger partial charge on any atom is -0.445 e. The Labute approximate surface area is 306 Å². The first-order valence-electron chi connectivity index (χ1n) is 17.4. The standard InChI is InChI=1S/C30H32N2O5.C14H15N/c1-2-20-36-30(35)32(22-28(25-14-8-4-9-15-25)26-16-10-5-11-17-26)19-18-27(33)21-31-29(34)37-23-24-12-6-3-7-13-24;15-11-14(12-7-3-1-4-8-12)13-9-5-2-6-10-13/h2-17,28H,1,18-23H2,(H,31,34);1-10,14H,11,15H2. The third-order valence-corrected chi connectivity index (χ3v) is 8.33. The van der Waals surface area contributed by atoms with E-state index >= 15 is 0 Å². The van der Waals surface area contributed by atoms with Gasteiger partial charge in [0.15, 0.2) is 5.78 Å². The van der Waals surface area contributed by atoms with Crippen molar-refractivity contribution in [2.45, 2.75) is 24.9 Å². The molecule has 0 saturated carbocycles. The second kappa shape index (κ2) is 22.0. The fourth-order valence-corrected chi connectivity index (χ4v) is 5.60. The van der Waals surface area contributed by atoms with Crippen LogP contribution in [0, 0.1) is 0 Å². The Morgan fingerprint density at radius 3 is 1.54 bits per heavy atom. The van der Waals surface area contributed by atoms with E-state index in [2.05, 4.69) is 60.4 Å². The largest absolute Gasteiger partial charge is 0.445 e. The number of rotatable bonds is 16. The van der Waals surface area contributed by atoms with Crippen molar-refractivity contribution in [1.29, 1.82) is 0 Å². The molecule has 0 aromatic heterocycles. The lowest BCUT2D eigenvalue weighted by atomic mass is 9.91. The lowest BCUT2D eigenvalue weighted by molar-refractivity contribution is -0.118. The summed E-state index contributed by atoms with van der Waals surface area (Å²) < 4.78 is 10.4. The van der Waals surface area contributed by atoms with Crippen LogP contribution >= 0.6 is 0 Å². The summed E-state index contributed by atoms with van der Waals surface area (Å²) in [7, 11) is 0. The van der Waals surface area contributed by atoms with Crippen LogP contribution < -0.4 is 11.1 Å². The van der Waals surface area contributed by atoms with Crippen LogP contribution in [0.3, 0.4) is 0 Å². The molecule has 8 heteroatoms. The number of amides is 2. The number of alkyl carbamates (subject to hydrolysis) is 1. The van der Waals surface area contributed by atoms with Gasteiger partial charge < -0.3 is 25.4 Å². The van der Waals surface area contributed by atoms with Crippen molar-refractivity contribution >= 4 is 18.0 Å². The molecule has 0 radical (unpaired) electrons.